The van der Waals surface area contributed by atoms with E-state index in [1.165, 1.54) is 12.5 Å². The van der Waals surface area contributed by atoms with E-state index in [4.69, 9.17) is 5.84 Å². The van der Waals surface area contributed by atoms with E-state index in [-0.39, 0.29) is 11.9 Å². The fourth-order valence-corrected chi connectivity index (χ4v) is 3.50. The van der Waals surface area contributed by atoms with E-state index >= 15 is 0 Å². The largest absolute Gasteiger partial charge is 0.271 e. The first-order valence-corrected chi connectivity index (χ1v) is 7.73. The second kappa shape index (κ2) is 6.33. The monoisotopic (exact) mass is 328 g/mol. The molecule has 1 aromatic carbocycles. The average Bonchev–Trinajstić information content (AvgIpc) is 2.38. The smallest absolute Gasteiger partial charge is 0.128 e. The normalized spacial score (nSPS) is 29.2. The van der Waals surface area contributed by atoms with Gasteiger partial charge >= 0.3 is 0 Å². The quantitative estimate of drug-likeness (QED) is 0.645. The number of hydrogen-bond donors (Lipinski definition) is 2. The number of halogens is 2. The van der Waals surface area contributed by atoms with Gasteiger partial charge in [-0.25, -0.2) is 4.39 Å². The lowest BCUT2D eigenvalue weighted by Crippen LogP contribution is -2.37. The van der Waals surface area contributed by atoms with Gasteiger partial charge in [0.25, 0.3) is 0 Å². The van der Waals surface area contributed by atoms with Gasteiger partial charge in [0.05, 0.1) is 6.04 Å². The van der Waals surface area contributed by atoms with Crippen molar-refractivity contribution >= 4 is 15.9 Å². The van der Waals surface area contributed by atoms with Gasteiger partial charge in [0, 0.05) is 10.0 Å². The van der Waals surface area contributed by atoms with Crippen molar-refractivity contribution < 1.29 is 4.39 Å². The molecule has 0 spiro atoms. The van der Waals surface area contributed by atoms with E-state index in [2.05, 4.69) is 35.2 Å². The predicted molar refractivity (Wildman–Crippen MR) is 79.8 cm³/mol. The Labute approximate surface area is 123 Å². The van der Waals surface area contributed by atoms with Crippen LogP contribution in [0.5, 0.6) is 0 Å². The Bertz CT molecular complexity index is 438. The fourth-order valence-electron chi connectivity index (χ4n) is 3.12. The van der Waals surface area contributed by atoms with Gasteiger partial charge in [-0.05, 0) is 48.8 Å². The fraction of sp³-hybridized carbons (Fsp3) is 0.600. The molecule has 1 aliphatic rings. The molecule has 1 aromatic rings. The van der Waals surface area contributed by atoms with Crippen molar-refractivity contribution in [2.24, 2.45) is 23.6 Å². The summed E-state index contributed by atoms with van der Waals surface area (Å²) < 4.78 is 14.9. The molecule has 19 heavy (non-hydrogen) atoms. The zero-order valence-electron chi connectivity index (χ0n) is 11.5. The van der Waals surface area contributed by atoms with Crippen LogP contribution in [0.1, 0.15) is 44.7 Å². The minimum atomic E-state index is -0.183. The van der Waals surface area contributed by atoms with Gasteiger partial charge in [-0.3, -0.25) is 11.3 Å². The molecule has 0 aliphatic heterocycles. The Morgan fingerprint density at radius 2 is 2.05 bits per heavy atom. The molecule has 1 saturated carbocycles. The number of benzene rings is 1. The summed E-state index contributed by atoms with van der Waals surface area (Å²) in [6.07, 6.45) is 3.40. The molecule has 0 saturated heterocycles. The molecular weight excluding hydrogens is 307 g/mol. The molecule has 106 valence electrons. The minimum absolute atomic E-state index is 0.104. The van der Waals surface area contributed by atoms with Crippen LogP contribution in [0.3, 0.4) is 0 Å². The van der Waals surface area contributed by atoms with Crippen LogP contribution in [0.15, 0.2) is 22.7 Å². The summed E-state index contributed by atoms with van der Waals surface area (Å²) in [7, 11) is 0. The van der Waals surface area contributed by atoms with Crippen molar-refractivity contribution in [3.63, 3.8) is 0 Å². The maximum atomic E-state index is 14.0. The van der Waals surface area contributed by atoms with Crippen LogP contribution < -0.4 is 11.3 Å². The Kier molecular flexibility index (Phi) is 4.98. The van der Waals surface area contributed by atoms with Crippen LogP contribution in [-0.2, 0) is 0 Å². The number of nitrogens with two attached hydrogens (primary N) is 1. The summed E-state index contributed by atoms with van der Waals surface area (Å²) >= 11 is 3.40. The Hall–Kier alpha value is -0.450. The molecule has 2 rings (SSSR count). The summed E-state index contributed by atoms with van der Waals surface area (Å²) in [5, 5.41) is 0. The van der Waals surface area contributed by atoms with E-state index < -0.39 is 0 Å². The van der Waals surface area contributed by atoms with E-state index in [0.29, 0.717) is 17.4 Å². The lowest BCUT2D eigenvalue weighted by Gasteiger charge is -2.36. The van der Waals surface area contributed by atoms with Crippen molar-refractivity contribution in [3.05, 3.63) is 34.1 Å². The van der Waals surface area contributed by atoms with Crippen molar-refractivity contribution in [1.29, 1.82) is 0 Å². The molecule has 4 atom stereocenters. The highest BCUT2D eigenvalue weighted by molar-refractivity contribution is 9.10. The van der Waals surface area contributed by atoms with Gasteiger partial charge in [-0.15, -0.1) is 0 Å². The van der Waals surface area contributed by atoms with Crippen LogP contribution in [-0.4, -0.2) is 0 Å². The molecule has 2 nitrogen and oxygen atoms in total. The first kappa shape index (κ1) is 14.9. The maximum Gasteiger partial charge on any atom is 0.128 e. The standard InChI is InChI=1S/C15H22BrFN2/c1-9-3-4-11(7-10(9)2)15(19-18)13-8-12(16)5-6-14(13)17/h5-6,8-11,15,19H,3-4,7,18H2,1-2H3. The lowest BCUT2D eigenvalue weighted by atomic mass is 9.72. The molecule has 0 amide bonds. The lowest BCUT2D eigenvalue weighted by molar-refractivity contribution is 0.169. The van der Waals surface area contributed by atoms with Gasteiger partial charge in [0.15, 0.2) is 0 Å². The van der Waals surface area contributed by atoms with Gasteiger partial charge in [0.1, 0.15) is 5.82 Å². The topological polar surface area (TPSA) is 38.0 Å². The van der Waals surface area contributed by atoms with Gasteiger partial charge in [-0.2, -0.15) is 0 Å². The zero-order chi connectivity index (χ0) is 14.0. The van der Waals surface area contributed by atoms with Crippen molar-refractivity contribution in [3.8, 4) is 0 Å². The minimum Gasteiger partial charge on any atom is -0.271 e. The van der Waals surface area contributed by atoms with E-state index in [9.17, 15) is 4.39 Å². The Morgan fingerprint density at radius 1 is 1.32 bits per heavy atom. The Balaban J connectivity index is 2.22. The number of rotatable bonds is 3. The molecule has 0 bridgehead atoms. The van der Waals surface area contributed by atoms with Crippen molar-refractivity contribution in [2.45, 2.75) is 39.2 Å². The highest BCUT2D eigenvalue weighted by Gasteiger charge is 2.31. The second-order valence-electron chi connectivity index (χ2n) is 5.84. The maximum absolute atomic E-state index is 14.0. The molecule has 4 heteroatoms. The number of hydrazine groups is 1. The van der Waals surface area contributed by atoms with Crippen LogP contribution in [0.25, 0.3) is 0 Å². The number of nitrogens with one attached hydrogen (secondary N) is 1. The predicted octanol–water partition coefficient (Wildman–Crippen LogP) is 4.16. The SMILES string of the molecule is CC1CCC(C(NN)c2cc(Br)ccc2F)CC1C. The summed E-state index contributed by atoms with van der Waals surface area (Å²) in [4.78, 5) is 0. The highest BCUT2D eigenvalue weighted by atomic mass is 79.9. The zero-order valence-corrected chi connectivity index (χ0v) is 13.1. The molecule has 4 unspecified atom stereocenters. The third-order valence-corrected chi connectivity index (χ3v) is 5.08. The van der Waals surface area contributed by atoms with Gasteiger partial charge in [0.2, 0.25) is 0 Å². The first-order chi connectivity index (χ1) is 9.02. The van der Waals surface area contributed by atoms with E-state index in [0.717, 1.165) is 23.2 Å². The van der Waals surface area contributed by atoms with E-state index in [1.807, 2.05) is 6.07 Å². The second-order valence-corrected chi connectivity index (χ2v) is 6.75. The molecule has 3 N–H and O–H groups in total. The summed E-state index contributed by atoms with van der Waals surface area (Å²) in [5.41, 5.74) is 3.50. The summed E-state index contributed by atoms with van der Waals surface area (Å²) in [6.45, 7) is 4.58. The van der Waals surface area contributed by atoms with Crippen molar-refractivity contribution in [2.75, 3.05) is 0 Å². The molecular formula is C15H22BrFN2. The average molecular weight is 329 g/mol. The third kappa shape index (κ3) is 3.36. The third-order valence-electron chi connectivity index (χ3n) is 4.58. The molecule has 0 radical (unpaired) electrons. The number of hydrogen-bond acceptors (Lipinski definition) is 2. The summed E-state index contributed by atoms with van der Waals surface area (Å²) in [5.74, 6) is 7.35. The molecule has 1 aliphatic carbocycles. The molecule has 0 aromatic heterocycles. The van der Waals surface area contributed by atoms with Gasteiger partial charge < -0.3 is 0 Å². The molecule has 0 heterocycles. The van der Waals surface area contributed by atoms with Crippen LogP contribution in [0, 0.1) is 23.6 Å². The summed E-state index contributed by atoms with van der Waals surface area (Å²) in [6, 6.07) is 4.95. The highest BCUT2D eigenvalue weighted by Crippen LogP contribution is 2.40. The van der Waals surface area contributed by atoms with Gasteiger partial charge in [-0.1, -0.05) is 36.2 Å². The van der Waals surface area contributed by atoms with Crippen molar-refractivity contribution in [1.82, 2.24) is 5.43 Å². The van der Waals surface area contributed by atoms with E-state index in [1.54, 1.807) is 6.07 Å². The van der Waals surface area contributed by atoms with Crippen LogP contribution in [0.2, 0.25) is 0 Å². The first-order valence-electron chi connectivity index (χ1n) is 6.94. The molecule has 1 fully saturated rings. The van der Waals surface area contributed by atoms with Crippen LogP contribution >= 0.6 is 15.9 Å². The van der Waals surface area contributed by atoms with Crippen LogP contribution in [0.4, 0.5) is 4.39 Å². The Morgan fingerprint density at radius 3 is 2.68 bits per heavy atom.